The molecule has 0 saturated carbocycles. The second-order valence-corrected chi connectivity index (χ2v) is 4.33. The molecule has 0 fully saturated rings. The summed E-state index contributed by atoms with van der Waals surface area (Å²) in [7, 11) is 3.48. The number of nitrogens with zero attached hydrogens (tertiary/aromatic N) is 1. The van der Waals surface area contributed by atoms with Crippen LogP contribution in [-0.4, -0.2) is 64.1 Å². The molecule has 0 aliphatic heterocycles. The third-order valence-corrected chi connectivity index (χ3v) is 2.82. The molecule has 0 saturated heterocycles. The van der Waals surface area contributed by atoms with E-state index in [1.54, 1.807) is 14.2 Å². The van der Waals surface area contributed by atoms with Gasteiger partial charge in [-0.3, -0.25) is 4.90 Å². The molecule has 0 aromatic carbocycles. The van der Waals surface area contributed by atoms with Crippen LogP contribution in [-0.2, 0) is 9.47 Å². The molecule has 0 amide bonds. The van der Waals surface area contributed by atoms with Gasteiger partial charge in [-0.15, -0.1) is 6.58 Å². The van der Waals surface area contributed by atoms with Crippen LogP contribution in [0.15, 0.2) is 12.7 Å². The number of rotatable bonds is 11. The Morgan fingerprint density at radius 3 is 2.47 bits per heavy atom. The van der Waals surface area contributed by atoms with Crippen molar-refractivity contribution in [2.45, 2.75) is 25.9 Å². The van der Waals surface area contributed by atoms with E-state index in [4.69, 9.17) is 9.47 Å². The topological polar surface area (TPSA) is 33.7 Å². The Bertz CT molecular complexity index is 188. The van der Waals surface area contributed by atoms with Crippen molar-refractivity contribution in [3.8, 4) is 0 Å². The monoisotopic (exact) mass is 244 g/mol. The first-order chi connectivity index (χ1) is 8.17. The smallest absolute Gasteiger partial charge is 0.0615 e. The quantitative estimate of drug-likeness (QED) is 0.436. The van der Waals surface area contributed by atoms with E-state index in [0.29, 0.717) is 12.1 Å². The normalized spacial score (nSPS) is 14.9. The Labute approximate surface area is 106 Å². The van der Waals surface area contributed by atoms with E-state index in [1.165, 1.54) is 0 Å². The van der Waals surface area contributed by atoms with Crippen LogP contribution in [0, 0.1) is 0 Å². The molecule has 0 aliphatic rings. The minimum absolute atomic E-state index is 0.399. The van der Waals surface area contributed by atoms with Gasteiger partial charge in [-0.1, -0.05) is 6.08 Å². The summed E-state index contributed by atoms with van der Waals surface area (Å²) >= 11 is 0. The van der Waals surface area contributed by atoms with E-state index in [9.17, 15) is 0 Å². The van der Waals surface area contributed by atoms with Gasteiger partial charge in [0.1, 0.15) is 0 Å². The molecule has 0 aromatic heterocycles. The molecule has 0 bridgehead atoms. The van der Waals surface area contributed by atoms with Crippen LogP contribution >= 0.6 is 0 Å². The van der Waals surface area contributed by atoms with Crippen molar-refractivity contribution in [2.75, 3.05) is 47.1 Å². The highest BCUT2D eigenvalue weighted by Crippen LogP contribution is 2.05. The summed E-state index contributed by atoms with van der Waals surface area (Å²) in [4.78, 5) is 2.41. The van der Waals surface area contributed by atoms with Gasteiger partial charge in [-0.2, -0.15) is 0 Å². The Morgan fingerprint density at radius 2 is 1.94 bits per heavy atom. The number of hydrogen-bond acceptors (Lipinski definition) is 4. The lowest BCUT2D eigenvalue weighted by Crippen LogP contribution is -2.48. The maximum Gasteiger partial charge on any atom is 0.0615 e. The Morgan fingerprint density at radius 1 is 1.24 bits per heavy atom. The molecule has 4 heteroatoms. The summed E-state index contributed by atoms with van der Waals surface area (Å²) in [5.41, 5.74) is 0. The van der Waals surface area contributed by atoms with Crippen LogP contribution in [0.1, 0.15) is 13.8 Å². The van der Waals surface area contributed by atoms with Crippen LogP contribution in [0.2, 0.25) is 0 Å². The lowest BCUT2D eigenvalue weighted by Gasteiger charge is -2.34. The second kappa shape index (κ2) is 10.7. The van der Waals surface area contributed by atoms with Crippen molar-refractivity contribution >= 4 is 0 Å². The van der Waals surface area contributed by atoms with Gasteiger partial charge in [0.25, 0.3) is 0 Å². The van der Waals surface area contributed by atoms with Gasteiger partial charge in [0, 0.05) is 45.9 Å². The van der Waals surface area contributed by atoms with Crippen LogP contribution in [0.5, 0.6) is 0 Å². The number of methoxy groups -OCH3 is 2. The first-order valence-corrected chi connectivity index (χ1v) is 6.22. The maximum absolute atomic E-state index is 5.22. The molecule has 4 nitrogen and oxygen atoms in total. The predicted molar refractivity (Wildman–Crippen MR) is 72.4 cm³/mol. The molecular weight excluding hydrogens is 216 g/mol. The first-order valence-electron chi connectivity index (χ1n) is 6.22. The van der Waals surface area contributed by atoms with E-state index in [0.717, 1.165) is 32.8 Å². The Kier molecular flexibility index (Phi) is 10.5. The highest BCUT2D eigenvalue weighted by molar-refractivity contribution is 4.77. The summed E-state index contributed by atoms with van der Waals surface area (Å²) in [6, 6.07) is 0.853. The van der Waals surface area contributed by atoms with Crippen molar-refractivity contribution in [2.24, 2.45) is 0 Å². The summed E-state index contributed by atoms with van der Waals surface area (Å²) in [6.45, 7) is 12.3. The molecule has 0 aromatic rings. The van der Waals surface area contributed by atoms with Gasteiger partial charge < -0.3 is 14.8 Å². The molecular formula is C13H28N2O2. The molecule has 102 valence electrons. The lowest BCUT2D eigenvalue weighted by molar-refractivity contribution is 0.0520. The molecule has 0 spiro atoms. The van der Waals surface area contributed by atoms with Crippen molar-refractivity contribution < 1.29 is 9.47 Å². The number of nitrogens with one attached hydrogen (secondary N) is 1. The summed E-state index contributed by atoms with van der Waals surface area (Å²) in [5, 5.41) is 3.35. The third kappa shape index (κ3) is 7.49. The highest BCUT2D eigenvalue weighted by atomic mass is 16.5. The average Bonchev–Trinajstić information content (AvgIpc) is 2.30. The van der Waals surface area contributed by atoms with E-state index in [-0.39, 0.29) is 0 Å². The average molecular weight is 244 g/mol. The van der Waals surface area contributed by atoms with Gasteiger partial charge in [0.15, 0.2) is 0 Å². The van der Waals surface area contributed by atoms with Gasteiger partial charge >= 0.3 is 0 Å². The number of ether oxygens (including phenoxy) is 2. The standard InChI is InChI=1S/C13H28N2O2/c1-6-7-14-10-12(2)15(8-9-16-4)13(3)11-17-5/h6,12-14H,1,7-11H2,2-5H3. The summed E-state index contributed by atoms with van der Waals surface area (Å²) in [5.74, 6) is 0. The molecule has 2 unspecified atom stereocenters. The van der Waals surface area contributed by atoms with Crippen molar-refractivity contribution in [1.29, 1.82) is 0 Å². The zero-order valence-corrected chi connectivity index (χ0v) is 11.7. The zero-order chi connectivity index (χ0) is 13.1. The highest BCUT2D eigenvalue weighted by Gasteiger charge is 2.19. The van der Waals surface area contributed by atoms with Gasteiger partial charge in [0.05, 0.1) is 13.2 Å². The molecule has 17 heavy (non-hydrogen) atoms. The van der Waals surface area contributed by atoms with Crippen molar-refractivity contribution in [1.82, 2.24) is 10.2 Å². The Hall–Kier alpha value is -0.420. The lowest BCUT2D eigenvalue weighted by atomic mass is 10.2. The van der Waals surface area contributed by atoms with E-state index < -0.39 is 0 Å². The van der Waals surface area contributed by atoms with Gasteiger partial charge in [-0.05, 0) is 13.8 Å². The van der Waals surface area contributed by atoms with Crippen molar-refractivity contribution in [3.63, 3.8) is 0 Å². The summed E-state index contributed by atoms with van der Waals surface area (Å²) < 4.78 is 10.4. The van der Waals surface area contributed by atoms with E-state index >= 15 is 0 Å². The fourth-order valence-corrected chi connectivity index (χ4v) is 1.92. The number of hydrogen-bond donors (Lipinski definition) is 1. The van der Waals surface area contributed by atoms with E-state index in [1.807, 2.05) is 6.08 Å². The molecule has 0 heterocycles. The molecule has 0 rings (SSSR count). The molecule has 1 N–H and O–H groups in total. The molecule has 0 aliphatic carbocycles. The summed E-state index contributed by atoms with van der Waals surface area (Å²) in [6.07, 6.45) is 1.88. The molecule has 2 atom stereocenters. The zero-order valence-electron chi connectivity index (χ0n) is 11.7. The van der Waals surface area contributed by atoms with Gasteiger partial charge in [0.2, 0.25) is 0 Å². The Balaban J connectivity index is 4.17. The SMILES string of the molecule is C=CCNCC(C)N(CCOC)C(C)COC. The minimum Gasteiger partial charge on any atom is -0.383 e. The van der Waals surface area contributed by atoms with Gasteiger partial charge in [-0.25, -0.2) is 0 Å². The third-order valence-electron chi connectivity index (χ3n) is 2.82. The minimum atomic E-state index is 0.399. The largest absolute Gasteiger partial charge is 0.383 e. The predicted octanol–water partition coefficient (Wildman–Crippen LogP) is 1.13. The van der Waals surface area contributed by atoms with E-state index in [2.05, 4.69) is 30.6 Å². The maximum atomic E-state index is 5.22. The fraction of sp³-hybridized carbons (Fsp3) is 0.846. The van der Waals surface area contributed by atoms with Crippen LogP contribution in [0.4, 0.5) is 0 Å². The molecule has 0 radical (unpaired) electrons. The first kappa shape index (κ1) is 16.6. The van der Waals surface area contributed by atoms with Crippen LogP contribution in [0.3, 0.4) is 0 Å². The van der Waals surface area contributed by atoms with Crippen LogP contribution < -0.4 is 5.32 Å². The van der Waals surface area contributed by atoms with Crippen LogP contribution in [0.25, 0.3) is 0 Å². The van der Waals surface area contributed by atoms with Crippen molar-refractivity contribution in [3.05, 3.63) is 12.7 Å². The second-order valence-electron chi connectivity index (χ2n) is 4.33. The fourth-order valence-electron chi connectivity index (χ4n) is 1.92.